The highest BCUT2D eigenvalue weighted by molar-refractivity contribution is 7.13. The lowest BCUT2D eigenvalue weighted by atomic mass is 9.92. The predicted molar refractivity (Wildman–Crippen MR) is 103 cm³/mol. The Bertz CT molecular complexity index is 617. The van der Waals surface area contributed by atoms with Crippen molar-refractivity contribution in [2.24, 2.45) is 5.73 Å². The second kappa shape index (κ2) is 10.0. The molecule has 0 saturated carbocycles. The van der Waals surface area contributed by atoms with E-state index in [2.05, 4.69) is 10.3 Å². The lowest BCUT2D eigenvalue weighted by molar-refractivity contribution is -0.122. The Morgan fingerprint density at radius 1 is 1.38 bits per heavy atom. The minimum absolute atomic E-state index is 0. The van der Waals surface area contributed by atoms with E-state index >= 15 is 0 Å². The quantitative estimate of drug-likeness (QED) is 0.750. The molecule has 8 heteroatoms. The molecule has 0 unspecified atom stereocenters. The second-order valence-electron chi connectivity index (χ2n) is 5.42. The Balaban J connectivity index is 0.00000264. The van der Waals surface area contributed by atoms with Gasteiger partial charge in [-0.25, -0.2) is 4.98 Å². The maximum Gasteiger partial charge on any atom is 0.236 e. The van der Waals surface area contributed by atoms with Crippen molar-refractivity contribution in [2.75, 3.05) is 6.54 Å². The van der Waals surface area contributed by atoms with Gasteiger partial charge < -0.3 is 15.5 Å². The summed E-state index contributed by atoms with van der Waals surface area (Å²) in [5.41, 5.74) is 6.17. The highest BCUT2D eigenvalue weighted by Crippen LogP contribution is 2.26. The van der Waals surface area contributed by atoms with Crippen LogP contribution < -0.4 is 11.1 Å². The van der Waals surface area contributed by atoms with Gasteiger partial charge in [0.05, 0.1) is 22.5 Å². The third-order valence-corrected chi connectivity index (χ3v) is 4.96. The van der Waals surface area contributed by atoms with Crippen LogP contribution in [0.3, 0.4) is 0 Å². The summed E-state index contributed by atoms with van der Waals surface area (Å²) in [6.45, 7) is 6.34. The predicted octanol–water partition coefficient (Wildman–Crippen LogP) is 3.73. The lowest BCUT2D eigenvalue weighted by Crippen LogP contribution is -2.53. The van der Waals surface area contributed by atoms with Crippen molar-refractivity contribution in [3.8, 4) is 10.8 Å². The van der Waals surface area contributed by atoms with Crippen LogP contribution in [-0.2, 0) is 11.2 Å². The SMILES string of the molecule is CCC(CC)(CN)NC(=O)Cc1nc(-c2cccs2)oc1C.Cl.Cl. The molecule has 2 aromatic heterocycles. The number of halogens is 2. The molecular formula is C16H25Cl2N3O2S. The van der Waals surface area contributed by atoms with Crippen molar-refractivity contribution in [3.63, 3.8) is 0 Å². The van der Waals surface area contributed by atoms with Gasteiger partial charge in [-0.15, -0.1) is 36.2 Å². The average Bonchev–Trinajstić information content (AvgIpc) is 3.15. The Hall–Kier alpha value is -1.08. The number of aryl methyl sites for hydroxylation is 1. The van der Waals surface area contributed by atoms with Crippen molar-refractivity contribution >= 4 is 42.1 Å². The largest absolute Gasteiger partial charge is 0.440 e. The lowest BCUT2D eigenvalue weighted by Gasteiger charge is -2.31. The van der Waals surface area contributed by atoms with E-state index in [1.807, 2.05) is 38.3 Å². The van der Waals surface area contributed by atoms with Gasteiger partial charge in [0.25, 0.3) is 0 Å². The molecule has 0 saturated heterocycles. The van der Waals surface area contributed by atoms with Crippen LogP contribution in [0.25, 0.3) is 10.8 Å². The maximum atomic E-state index is 12.3. The number of hydrogen-bond donors (Lipinski definition) is 2. The highest BCUT2D eigenvalue weighted by Gasteiger charge is 2.27. The number of nitrogens with one attached hydrogen (secondary N) is 1. The number of nitrogens with two attached hydrogens (primary N) is 1. The Labute approximate surface area is 159 Å². The number of carbonyl (C=O) groups excluding carboxylic acids is 1. The summed E-state index contributed by atoms with van der Waals surface area (Å²) in [6, 6.07) is 3.90. The Morgan fingerprint density at radius 2 is 2.04 bits per heavy atom. The zero-order valence-corrected chi connectivity index (χ0v) is 16.6. The topological polar surface area (TPSA) is 81.1 Å². The molecule has 0 radical (unpaired) electrons. The molecule has 0 atom stereocenters. The van der Waals surface area contributed by atoms with Crippen LogP contribution in [0, 0.1) is 6.92 Å². The molecule has 3 N–H and O–H groups in total. The van der Waals surface area contributed by atoms with Crippen LogP contribution in [0.5, 0.6) is 0 Å². The van der Waals surface area contributed by atoms with Crippen molar-refractivity contribution in [1.82, 2.24) is 10.3 Å². The smallest absolute Gasteiger partial charge is 0.236 e. The van der Waals surface area contributed by atoms with Gasteiger partial charge in [-0.1, -0.05) is 19.9 Å². The van der Waals surface area contributed by atoms with E-state index in [0.717, 1.165) is 17.7 Å². The summed E-state index contributed by atoms with van der Waals surface area (Å²) in [5.74, 6) is 1.19. The van der Waals surface area contributed by atoms with Crippen LogP contribution in [0.4, 0.5) is 0 Å². The van der Waals surface area contributed by atoms with Crippen LogP contribution in [0.2, 0.25) is 0 Å². The van der Waals surface area contributed by atoms with Crippen LogP contribution in [0.1, 0.15) is 38.1 Å². The molecular weight excluding hydrogens is 369 g/mol. The van der Waals surface area contributed by atoms with Crippen LogP contribution in [0.15, 0.2) is 21.9 Å². The van der Waals surface area contributed by atoms with E-state index in [1.165, 1.54) is 0 Å². The molecule has 2 heterocycles. The van der Waals surface area contributed by atoms with E-state index < -0.39 is 0 Å². The summed E-state index contributed by atoms with van der Waals surface area (Å²) in [4.78, 5) is 17.7. The monoisotopic (exact) mass is 393 g/mol. The second-order valence-corrected chi connectivity index (χ2v) is 6.36. The molecule has 1 amide bonds. The highest BCUT2D eigenvalue weighted by atomic mass is 35.5. The van der Waals surface area contributed by atoms with Crippen molar-refractivity contribution in [2.45, 2.75) is 45.6 Å². The molecule has 0 aliphatic rings. The molecule has 2 rings (SSSR count). The number of hydrogen-bond acceptors (Lipinski definition) is 5. The average molecular weight is 394 g/mol. The molecule has 0 aromatic carbocycles. The van der Waals surface area contributed by atoms with Gasteiger partial charge in [-0.2, -0.15) is 0 Å². The van der Waals surface area contributed by atoms with E-state index in [4.69, 9.17) is 10.2 Å². The standard InChI is InChI=1S/C16H23N3O2S.2ClH/c1-4-16(5-2,10-17)19-14(20)9-12-11(3)21-15(18-12)13-7-6-8-22-13;;/h6-8H,4-5,9-10,17H2,1-3H3,(H,19,20);2*1H. The van der Waals surface area contributed by atoms with Gasteiger partial charge in [-0.05, 0) is 31.2 Å². The molecule has 2 aromatic rings. The zero-order valence-electron chi connectivity index (χ0n) is 14.1. The maximum absolute atomic E-state index is 12.3. The first-order valence-corrected chi connectivity index (χ1v) is 8.42. The third-order valence-electron chi connectivity index (χ3n) is 4.10. The van der Waals surface area contributed by atoms with Gasteiger partial charge in [0.1, 0.15) is 5.76 Å². The summed E-state index contributed by atoms with van der Waals surface area (Å²) >= 11 is 1.56. The van der Waals surface area contributed by atoms with E-state index in [0.29, 0.717) is 23.9 Å². The summed E-state index contributed by atoms with van der Waals surface area (Å²) in [5, 5.41) is 5.03. The molecule has 0 bridgehead atoms. The van der Waals surface area contributed by atoms with Crippen molar-refractivity contribution < 1.29 is 9.21 Å². The first kappa shape index (κ1) is 22.9. The molecule has 136 valence electrons. The normalized spacial score (nSPS) is 10.7. The van der Waals surface area contributed by atoms with E-state index in [1.54, 1.807) is 11.3 Å². The van der Waals surface area contributed by atoms with Gasteiger partial charge in [0, 0.05) is 6.54 Å². The molecule has 0 aliphatic heterocycles. The third kappa shape index (κ3) is 5.21. The van der Waals surface area contributed by atoms with E-state index in [-0.39, 0.29) is 42.7 Å². The molecule has 0 fully saturated rings. The van der Waals surface area contributed by atoms with Gasteiger partial charge in [0.15, 0.2) is 0 Å². The fourth-order valence-electron chi connectivity index (χ4n) is 2.36. The summed E-state index contributed by atoms with van der Waals surface area (Å²) in [6.07, 6.45) is 1.83. The zero-order chi connectivity index (χ0) is 16.2. The number of thiophene rings is 1. The molecule has 0 aliphatic carbocycles. The fraction of sp³-hybridized carbons (Fsp3) is 0.500. The number of rotatable bonds is 7. The molecule has 5 nitrogen and oxygen atoms in total. The minimum Gasteiger partial charge on any atom is -0.440 e. The van der Waals surface area contributed by atoms with Crippen LogP contribution >= 0.6 is 36.2 Å². The number of oxazole rings is 1. The van der Waals surface area contributed by atoms with Gasteiger partial charge in [0.2, 0.25) is 11.8 Å². The van der Waals surface area contributed by atoms with Crippen molar-refractivity contribution in [1.29, 1.82) is 0 Å². The number of aromatic nitrogens is 1. The number of amides is 1. The summed E-state index contributed by atoms with van der Waals surface area (Å²) < 4.78 is 5.66. The number of nitrogens with zero attached hydrogens (tertiary/aromatic N) is 1. The minimum atomic E-state index is -0.328. The first-order chi connectivity index (χ1) is 10.5. The molecule has 24 heavy (non-hydrogen) atoms. The Morgan fingerprint density at radius 3 is 2.54 bits per heavy atom. The van der Waals surface area contributed by atoms with Gasteiger partial charge in [-0.3, -0.25) is 4.79 Å². The summed E-state index contributed by atoms with van der Waals surface area (Å²) in [7, 11) is 0. The van der Waals surface area contributed by atoms with Crippen molar-refractivity contribution in [3.05, 3.63) is 29.0 Å². The van der Waals surface area contributed by atoms with E-state index in [9.17, 15) is 4.79 Å². The number of carbonyl (C=O) groups is 1. The Kier molecular flexibility index (Phi) is 9.58. The van der Waals surface area contributed by atoms with Crippen LogP contribution in [-0.4, -0.2) is 23.0 Å². The first-order valence-electron chi connectivity index (χ1n) is 7.54. The molecule has 0 spiro atoms. The fourth-order valence-corrected chi connectivity index (χ4v) is 3.01. The van der Waals surface area contributed by atoms with Gasteiger partial charge >= 0.3 is 0 Å².